The first-order valence-electron chi connectivity index (χ1n) is 5.88. The molecule has 0 unspecified atom stereocenters. The molecule has 0 radical (unpaired) electrons. The van der Waals surface area contributed by atoms with Crippen LogP contribution < -0.4 is 9.47 Å². The van der Waals surface area contributed by atoms with Crippen molar-refractivity contribution in [3.8, 4) is 11.5 Å². The topological polar surface area (TPSA) is 38.7 Å². The Morgan fingerprint density at radius 2 is 2.06 bits per heavy atom. The van der Waals surface area contributed by atoms with E-state index in [1.54, 1.807) is 0 Å². The van der Waals surface area contributed by atoms with Crippen LogP contribution in [0.4, 0.5) is 0 Å². The molecule has 0 bridgehead atoms. The Balaban J connectivity index is 2.41. The third-order valence-electron chi connectivity index (χ3n) is 2.85. The van der Waals surface area contributed by atoms with Crippen LogP contribution in [0.15, 0.2) is 12.1 Å². The van der Waals surface area contributed by atoms with Gasteiger partial charge in [-0.2, -0.15) is 0 Å². The van der Waals surface area contributed by atoms with Crippen molar-refractivity contribution in [2.45, 2.75) is 26.2 Å². The van der Waals surface area contributed by atoms with Crippen LogP contribution >= 0.6 is 0 Å². The first kappa shape index (κ1) is 11.3. The van der Waals surface area contributed by atoms with Gasteiger partial charge in [0.2, 0.25) is 0 Å². The number of hydrogen-bond donors (Lipinski definition) is 1. The molecule has 0 saturated carbocycles. The molecule has 1 N–H and O–H groups in total. The van der Waals surface area contributed by atoms with Crippen molar-refractivity contribution < 1.29 is 14.6 Å². The molecule has 0 aromatic heterocycles. The van der Waals surface area contributed by atoms with Gasteiger partial charge in [-0.1, -0.05) is 13.0 Å². The highest BCUT2D eigenvalue weighted by atomic mass is 16.5. The third kappa shape index (κ3) is 2.14. The maximum Gasteiger partial charge on any atom is 0.164 e. The summed E-state index contributed by atoms with van der Waals surface area (Å²) in [5.41, 5.74) is 2.34. The lowest BCUT2D eigenvalue weighted by atomic mass is 10.0. The van der Waals surface area contributed by atoms with Gasteiger partial charge in [0.05, 0.1) is 13.2 Å². The van der Waals surface area contributed by atoms with Crippen LogP contribution in [0.25, 0.3) is 0 Å². The first-order valence-corrected chi connectivity index (χ1v) is 5.88. The summed E-state index contributed by atoms with van der Waals surface area (Å²) in [5.74, 6) is 1.72. The van der Waals surface area contributed by atoms with Crippen molar-refractivity contribution in [1.82, 2.24) is 0 Å². The van der Waals surface area contributed by atoms with Crippen LogP contribution in [-0.4, -0.2) is 24.9 Å². The van der Waals surface area contributed by atoms with Crippen LogP contribution in [0.2, 0.25) is 0 Å². The molecule has 1 aliphatic heterocycles. The summed E-state index contributed by atoms with van der Waals surface area (Å²) in [7, 11) is 0. The van der Waals surface area contributed by atoms with Gasteiger partial charge in [0.15, 0.2) is 11.5 Å². The van der Waals surface area contributed by atoms with Gasteiger partial charge in [0, 0.05) is 18.6 Å². The van der Waals surface area contributed by atoms with Gasteiger partial charge in [-0.25, -0.2) is 0 Å². The maximum atomic E-state index is 9.03. The molecule has 0 aliphatic carbocycles. The molecule has 0 atom stereocenters. The Morgan fingerprint density at radius 3 is 2.81 bits per heavy atom. The molecule has 1 heterocycles. The van der Waals surface area contributed by atoms with Gasteiger partial charge in [0.1, 0.15) is 0 Å². The predicted octanol–water partition coefficient (Wildman–Crippen LogP) is 1.95. The second-order valence-electron chi connectivity index (χ2n) is 3.91. The van der Waals surface area contributed by atoms with Gasteiger partial charge in [-0.3, -0.25) is 0 Å². The van der Waals surface area contributed by atoms with Crippen molar-refractivity contribution >= 4 is 0 Å². The third-order valence-corrected chi connectivity index (χ3v) is 2.85. The zero-order chi connectivity index (χ0) is 11.4. The lowest BCUT2D eigenvalue weighted by molar-refractivity contribution is 0.295. The number of aliphatic hydroxyl groups is 1. The Kier molecular flexibility index (Phi) is 3.67. The van der Waals surface area contributed by atoms with Gasteiger partial charge < -0.3 is 14.6 Å². The molecule has 16 heavy (non-hydrogen) atoms. The van der Waals surface area contributed by atoms with Crippen LogP contribution in [0.5, 0.6) is 11.5 Å². The molecule has 3 heteroatoms. The first-order chi connectivity index (χ1) is 7.86. The van der Waals surface area contributed by atoms with Gasteiger partial charge in [-0.15, -0.1) is 0 Å². The van der Waals surface area contributed by atoms with E-state index >= 15 is 0 Å². The molecular weight excluding hydrogens is 204 g/mol. The monoisotopic (exact) mass is 222 g/mol. The van der Waals surface area contributed by atoms with E-state index < -0.39 is 0 Å². The average molecular weight is 222 g/mol. The van der Waals surface area contributed by atoms with E-state index in [0.29, 0.717) is 13.0 Å². The Bertz CT molecular complexity index is 360. The fourth-order valence-electron chi connectivity index (χ4n) is 2.08. The normalized spacial score (nSPS) is 14.6. The highest BCUT2D eigenvalue weighted by Gasteiger charge is 2.16. The summed E-state index contributed by atoms with van der Waals surface area (Å²) in [6.07, 6.45) is 2.51. The highest BCUT2D eigenvalue weighted by Crippen LogP contribution is 2.36. The fraction of sp³-hybridized carbons (Fsp3) is 0.538. The number of rotatable bonds is 3. The van der Waals surface area contributed by atoms with Crippen molar-refractivity contribution in [2.75, 3.05) is 19.8 Å². The SMILES string of the molecule is CCc1c(CCO)ccc2c1OCCCO2. The number of ether oxygens (including phenoxy) is 2. The van der Waals surface area contributed by atoms with Crippen LogP contribution in [0.1, 0.15) is 24.5 Å². The quantitative estimate of drug-likeness (QED) is 0.849. The summed E-state index contributed by atoms with van der Waals surface area (Å²) in [6.45, 7) is 3.70. The summed E-state index contributed by atoms with van der Waals surface area (Å²) in [4.78, 5) is 0. The Morgan fingerprint density at radius 1 is 1.25 bits per heavy atom. The molecule has 1 aromatic carbocycles. The molecule has 88 valence electrons. The zero-order valence-corrected chi connectivity index (χ0v) is 9.66. The molecule has 0 spiro atoms. The van der Waals surface area contributed by atoms with Crippen molar-refractivity contribution in [2.24, 2.45) is 0 Å². The lowest BCUT2D eigenvalue weighted by Gasteiger charge is -2.15. The zero-order valence-electron chi connectivity index (χ0n) is 9.66. The van der Waals surface area contributed by atoms with E-state index in [1.807, 2.05) is 12.1 Å². The minimum Gasteiger partial charge on any atom is -0.490 e. The minimum atomic E-state index is 0.173. The van der Waals surface area contributed by atoms with Crippen molar-refractivity contribution in [3.05, 3.63) is 23.3 Å². The summed E-state index contributed by atoms with van der Waals surface area (Å²) in [6, 6.07) is 3.98. The number of fused-ring (bicyclic) bond motifs is 1. The molecule has 1 aromatic rings. The Labute approximate surface area is 96.0 Å². The van der Waals surface area contributed by atoms with E-state index in [2.05, 4.69) is 6.92 Å². The van der Waals surface area contributed by atoms with Gasteiger partial charge in [-0.05, 0) is 24.5 Å². The summed E-state index contributed by atoms with van der Waals surface area (Å²) in [5, 5.41) is 9.03. The number of hydrogen-bond acceptors (Lipinski definition) is 3. The predicted molar refractivity (Wildman–Crippen MR) is 62.2 cm³/mol. The van der Waals surface area contributed by atoms with Crippen LogP contribution in [0.3, 0.4) is 0 Å². The molecular formula is C13H18O3. The average Bonchev–Trinajstić information content (AvgIpc) is 2.54. The molecule has 0 fully saturated rings. The highest BCUT2D eigenvalue weighted by molar-refractivity contribution is 5.51. The largest absolute Gasteiger partial charge is 0.490 e. The van der Waals surface area contributed by atoms with E-state index in [4.69, 9.17) is 14.6 Å². The van der Waals surface area contributed by atoms with Crippen LogP contribution in [-0.2, 0) is 12.8 Å². The van der Waals surface area contributed by atoms with Gasteiger partial charge >= 0.3 is 0 Å². The molecule has 0 amide bonds. The van der Waals surface area contributed by atoms with Crippen molar-refractivity contribution in [3.63, 3.8) is 0 Å². The second kappa shape index (κ2) is 5.21. The van der Waals surface area contributed by atoms with E-state index in [9.17, 15) is 0 Å². The van der Waals surface area contributed by atoms with Gasteiger partial charge in [0.25, 0.3) is 0 Å². The molecule has 3 nitrogen and oxygen atoms in total. The summed E-state index contributed by atoms with van der Waals surface area (Å²) >= 11 is 0. The molecule has 1 aliphatic rings. The van der Waals surface area contributed by atoms with E-state index in [-0.39, 0.29) is 6.61 Å². The number of benzene rings is 1. The smallest absolute Gasteiger partial charge is 0.164 e. The second-order valence-corrected chi connectivity index (χ2v) is 3.91. The van der Waals surface area contributed by atoms with Crippen LogP contribution in [0, 0.1) is 0 Å². The molecule has 0 saturated heterocycles. The minimum absolute atomic E-state index is 0.173. The number of aliphatic hydroxyl groups excluding tert-OH is 1. The maximum absolute atomic E-state index is 9.03. The standard InChI is InChI=1S/C13H18O3/c1-2-11-10(6-7-14)4-5-12-13(11)16-9-3-8-15-12/h4-5,14H,2-3,6-9H2,1H3. The Hall–Kier alpha value is -1.22. The lowest BCUT2D eigenvalue weighted by Crippen LogP contribution is -2.02. The van der Waals surface area contributed by atoms with E-state index in [0.717, 1.165) is 36.5 Å². The summed E-state index contributed by atoms with van der Waals surface area (Å²) < 4.78 is 11.4. The van der Waals surface area contributed by atoms with Crippen molar-refractivity contribution in [1.29, 1.82) is 0 Å². The fourth-order valence-corrected chi connectivity index (χ4v) is 2.08. The van der Waals surface area contributed by atoms with E-state index in [1.165, 1.54) is 5.56 Å². The molecule has 2 rings (SSSR count).